The molecule has 2 aliphatic rings. The zero-order valence-corrected chi connectivity index (χ0v) is 20.7. The lowest BCUT2D eigenvalue weighted by atomic mass is 9.77. The second-order valence-corrected chi connectivity index (χ2v) is 8.48. The third-order valence-corrected chi connectivity index (χ3v) is 6.38. The molecular weight excluding hydrogens is 472 g/mol. The van der Waals surface area contributed by atoms with E-state index in [1.54, 1.807) is 0 Å². The number of Topliss-reactive ketones (excluding diaryl/α,β-unsaturated/α-hetero) is 1. The van der Waals surface area contributed by atoms with E-state index in [4.69, 9.17) is 9.47 Å². The predicted molar refractivity (Wildman–Crippen MR) is 127 cm³/mol. The Morgan fingerprint density at radius 2 is 1.67 bits per heavy atom. The van der Waals surface area contributed by atoms with Gasteiger partial charge < -0.3 is 35.0 Å². The molecule has 0 amide bonds. The molecule has 5 N–H and O–H groups in total. The maximum atomic E-state index is 13.6. The van der Waals surface area contributed by atoms with Crippen molar-refractivity contribution < 1.29 is 49.4 Å². The topological polar surface area (TPSA) is 171 Å². The SMILES string of the molecule is CC.COc1c(O)c2c(c(O)c1C1C[C@@H](O)C[C@@H](CO)O1)C(=O)c1c(cc(O)c(C(C)=O)c1C)C2=O. The van der Waals surface area contributed by atoms with Crippen LogP contribution in [0.5, 0.6) is 23.0 Å². The van der Waals surface area contributed by atoms with Crippen molar-refractivity contribution in [2.24, 2.45) is 0 Å². The highest BCUT2D eigenvalue weighted by molar-refractivity contribution is 6.32. The maximum Gasteiger partial charge on any atom is 0.198 e. The van der Waals surface area contributed by atoms with Crippen LogP contribution in [0.15, 0.2) is 6.07 Å². The van der Waals surface area contributed by atoms with Gasteiger partial charge in [-0.3, -0.25) is 14.4 Å². The van der Waals surface area contributed by atoms with E-state index in [0.29, 0.717) is 0 Å². The van der Waals surface area contributed by atoms with E-state index in [9.17, 15) is 39.9 Å². The minimum absolute atomic E-state index is 0.0290. The van der Waals surface area contributed by atoms with Crippen molar-refractivity contribution in [2.45, 2.75) is 58.8 Å². The number of methoxy groups -OCH3 is 1. The zero-order chi connectivity index (χ0) is 27.1. The Bertz CT molecular complexity index is 1250. The van der Waals surface area contributed by atoms with Gasteiger partial charge >= 0.3 is 0 Å². The molecule has 1 fully saturated rings. The molecule has 194 valence electrons. The summed E-state index contributed by atoms with van der Waals surface area (Å²) in [5.41, 5.74) is -1.64. The number of carbonyl (C=O) groups is 3. The summed E-state index contributed by atoms with van der Waals surface area (Å²) < 4.78 is 11.0. The van der Waals surface area contributed by atoms with Gasteiger partial charge in [-0.2, -0.15) is 0 Å². The Kier molecular flexibility index (Phi) is 7.73. The first-order valence-corrected chi connectivity index (χ1v) is 11.6. The van der Waals surface area contributed by atoms with Crippen LogP contribution in [0, 0.1) is 6.92 Å². The average molecular weight is 503 g/mol. The molecule has 1 heterocycles. The van der Waals surface area contributed by atoms with Crippen molar-refractivity contribution >= 4 is 17.3 Å². The molecule has 1 aliphatic heterocycles. The normalized spacial score (nSPS) is 20.7. The Morgan fingerprint density at radius 3 is 2.22 bits per heavy atom. The fourth-order valence-electron chi connectivity index (χ4n) is 4.94. The summed E-state index contributed by atoms with van der Waals surface area (Å²) in [6.07, 6.45) is -2.62. The minimum atomic E-state index is -1.06. The third kappa shape index (κ3) is 4.11. The number of aromatic hydroxyl groups is 3. The fraction of sp³-hybridized carbons (Fsp3) is 0.423. The molecule has 10 nitrogen and oxygen atoms in total. The molecule has 0 bridgehead atoms. The number of rotatable bonds is 4. The molecule has 36 heavy (non-hydrogen) atoms. The second kappa shape index (κ2) is 10.3. The Balaban J connectivity index is 0.00000176. The summed E-state index contributed by atoms with van der Waals surface area (Å²) in [4.78, 5) is 38.9. The number of benzene rings is 2. The number of carbonyl (C=O) groups excluding carboxylic acids is 3. The van der Waals surface area contributed by atoms with Gasteiger partial charge in [0.15, 0.2) is 28.8 Å². The van der Waals surface area contributed by atoms with Crippen LogP contribution in [0.4, 0.5) is 0 Å². The largest absolute Gasteiger partial charge is 0.507 e. The van der Waals surface area contributed by atoms with Gasteiger partial charge in [0.2, 0.25) is 0 Å². The Hall–Kier alpha value is -3.47. The number of hydrogen-bond acceptors (Lipinski definition) is 10. The standard InChI is InChI=1S/C24H24O10.C2H6/c1-8-15(9(2)26)13(28)6-12-16(8)21(30)19-18(20(12)29)23(32)24(33-3)17(22(19)31)14-5-10(27)4-11(7-25)34-14;1-2/h6,10-11,14,25,27-28,31-32H,4-5,7H2,1-3H3;1-2H3/t10-,11-,14?;/m0./s1. The fourth-order valence-corrected chi connectivity index (χ4v) is 4.94. The van der Waals surface area contributed by atoms with Gasteiger partial charge in [-0.25, -0.2) is 0 Å². The van der Waals surface area contributed by atoms with Crippen LogP contribution >= 0.6 is 0 Å². The molecule has 2 aromatic rings. The van der Waals surface area contributed by atoms with E-state index in [0.717, 1.165) is 6.07 Å². The van der Waals surface area contributed by atoms with Gasteiger partial charge in [-0.1, -0.05) is 13.8 Å². The number of phenolic OH excluding ortho intramolecular Hbond substituents is 3. The average Bonchev–Trinajstić information content (AvgIpc) is 2.83. The maximum absolute atomic E-state index is 13.6. The highest BCUT2D eigenvalue weighted by Gasteiger charge is 2.43. The lowest BCUT2D eigenvalue weighted by Crippen LogP contribution is -2.34. The van der Waals surface area contributed by atoms with Crippen molar-refractivity contribution in [1.82, 2.24) is 0 Å². The molecule has 10 heteroatoms. The molecule has 0 radical (unpaired) electrons. The van der Waals surface area contributed by atoms with Crippen LogP contribution in [0.25, 0.3) is 0 Å². The van der Waals surface area contributed by atoms with E-state index in [1.807, 2.05) is 13.8 Å². The van der Waals surface area contributed by atoms with Crippen LogP contribution in [0.1, 0.15) is 93.0 Å². The summed E-state index contributed by atoms with van der Waals surface area (Å²) in [6, 6.07) is 0.992. The lowest BCUT2D eigenvalue weighted by Gasteiger charge is -2.34. The van der Waals surface area contributed by atoms with Crippen molar-refractivity contribution in [2.75, 3.05) is 13.7 Å². The van der Waals surface area contributed by atoms with Gasteiger partial charge in [0.1, 0.15) is 11.5 Å². The summed E-state index contributed by atoms with van der Waals surface area (Å²) in [6.45, 7) is 6.20. The quantitative estimate of drug-likeness (QED) is 0.264. The smallest absolute Gasteiger partial charge is 0.198 e. The predicted octanol–water partition coefficient (Wildman–Crippen LogP) is 2.70. The minimum Gasteiger partial charge on any atom is -0.507 e. The van der Waals surface area contributed by atoms with Gasteiger partial charge in [-0.15, -0.1) is 0 Å². The molecule has 0 spiro atoms. The number of ketones is 3. The Morgan fingerprint density at radius 1 is 1.06 bits per heavy atom. The third-order valence-electron chi connectivity index (χ3n) is 6.38. The number of aliphatic hydroxyl groups is 2. The molecule has 0 saturated carbocycles. The monoisotopic (exact) mass is 502 g/mol. The number of ether oxygens (including phenoxy) is 2. The van der Waals surface area contributed by atoms with Crippen LogP contribution in [0.2, 0.25) is 0 Å². The number of aliphatic hydroxyl groups excluding tert-OH is 2. The lowest BCUT2D eigenvalue weighted by molar-refractivity contribution is -0.114. The Labute approximate surface area is 207 Å². The number of fused-ring (bicyclic) bond motifs is 2. The summed E-state index contributed by atoms with van der Waals surface area (Å²) in [7, 11) is 1.19. The van der Waals surface area contributed by atoms with Gasteiger partial charge in [0, 0.05) is 24.0 Å². The zero-order valence-electron chi connectivity index (χ0n) is 20.7. The highest BCUT2D eigenvalue weighted by atomic mass is 16.5. The van der Waals surface area contributed by atoms with E-state index in [-0.39, 0.29) is 46.4 Å². The van der Waals surface area contributed by atoms with Gasteiger partial charge in [-0.05, 0) is 25.5 Å². The molecule has 3 atom stereocenters. The van der Waals surface area contributed by atoms with Crippen LogP contribution in [-0.2, 0) is 4.74 Å². The molecule has 0 aromatic heterocycles. The molecule has 1 unspecified atom stereocenters. The van der Waals surface area contributed by atoms with Crippen molar-refractivity contribution in [3.63, 3.8) is 0 Å². The first kappa shape index (κ1) is 27.1. The van der Waals surface area contributed by atoms with Gasteiger partial charge in [0.05, 0.1) is 54.3 Å². The molecular formula is C26H30O10. The summed E-state index contributed by atoms with van der Waals surface area (Å²) >= 11 is 0. The van der Waals surface area contributed by atoms with Crippen molar-refractivity contribution in [3.8, 4) is 23.0 Å². The second-order valence-electron chi connectivity index (χ2n) is 8.48. The first-order valence-electron chi connectivity index (χ1n) is 11.6. The number of phenols is 3. The van der Waals surface area contributed by atoms with Crippen LogP contribution in [-0.4, -0.2) is 68.8 Å². The first-order chi connectivity index (χ1) is 17.0. The van der Waals surface area contributed by atoms with Crippen molar-refractivity contribution in [3.05, 3.63) is 45.0 Å². The van der Waals surface area contributed by atoms with Gasteiger partial charge in [0.25, 0.3) is 0 Å². The summed E-state index contributed by atoms with van der Waals surface area (Å²) in [5, 5.41) is 52.2. The van der Waals surface area contributed by atoms with E-state index in [2.05, 4.69) is 0 Å². The molecule has 2 aromatic carbocycles. The van der Waals surface area contributed by atoms with E-state index >= 15 is 0 Å². The van der Waals surface area contributed by atoms with Crippen LogP contribution < -0.4 is 4.74 Å². The van der Waals surface area contributed by atoms with E-state index < -0.39 is 70.6 Å². The molecule has 4 rings (SSSR count). The van der Waals surface area contributed by atoms with E-state index in [1.165, 1.54) is 21.0 Å². The highest BCUT2D eigenvalue weighted by Crippen LogP contribution is 2.52. The molecule has 1 aliphatic carbocycles. The van der Waals surface area contributed by atoms with Crippen LogP contribution in [0.3, 0.4) is 0 Å². The molecule has 1 saturated heterocycles. The summed E-state index contributed by atoms with van der Waals surface area (Å²) in [5.74, 6) is -4.42. The van der Waals surface area contributed by atoms with Crippen molar-refractivity contribution in [1.29, 1.82) is 0 Å². The number of hydrogen-bond donors (Lipinski definition) is 5.